The van der Waals surface area contributed by atoms with E-state index >= 15 is 0 Å². The Hall–Kier alpha value is -2.42. The summed E-state index contributed by atoms with van der Waals surface area (Å²) in [5, 5.41) is 2.83. The molecule has 9 heteroatoms. The fraction of sp³-hybridized carbons (Fsp3) is 0.250. The molecule has 0 saturated carbocycles. The first kappa shape index (κ1) is 18.9. The lowest BCUT2D eigenvalue weighted by molar-refractivity contribution is 0.284. The molecule has 0 aliphatic rings. The van der Waals surface area contributed by atoms with Crippen LogP contribution in [0.1, 0.15) is 0 Å². The van der Waals surface area contributed by atoms with E-state index in [-0.39, 0.29) is 37.8 Å². The summed E-state index contributed by atoms with van der Waals surface area (Å²) in [4.78, 5) is 0. The minimum atomic E-state index is -1.57. The zero-order valence-corrected chi connectivity index (χ0v) is 12.7. The van der Waals surface area contributed by atoms with Gasteiger partial charge in [0, 0.05) is 37.4 Å². The van der Waals surface area contributed by atoms with E-state index in [1.165, 1.54) is 0 Å². The predicted molar refractivity (Wildman–Crippen MR) is 76.5 cm³/mol. The SMILES string of the molecule is Fc1cc(OCCNCCOc2cc(F)c(F)c(F)c2)cc(F)c1F. The summed E-state index contributed by atoms with van der Waals surface area (Å²) in [6.07, 6.45) is 0. The van der Waals surface area contributed by atoms with Crippen LogP contribution >= 0.6 is 0 Å². The zero-order valence-electron chi connectivity index (χ0n) is 12.7. The third-order valence-corrected chi connectivity index (χ3v) is 3.01. The van der Waals surface area contributed by atoms with Crippen molar-refractivity contribution in [1.82, 2.24) is 5.32 Å². The van der Waals surface area contributed by atoms with Gasteiger partial charge in [0.2, 0.25) is 0 Å². The lowest BCUT2D eigenvalue weighted by atomic mass is 10.3. The number of ether oxygens (including phenoxy) is 2. The molecule has 136 valence electrons. The molecule has 0 bridgehead atoms. The summed E-state index contributed by atoms with van der Waals surface area (Å²) >= 11 is 0. The second kappa shape index (κ2) is 8.61. The Morgan fingerprint density at radius 2 is 0.920 bits per heavy atom. The van der Waals surface area contributed by atoms with Gasteiger partial charge < -0.3 is 14.8 Å². The average Bonchev–Trinajstić information content (AvgIpc) is 2.56. The molecular formula is C16H13F6NO2. The van der Waals surface area contributed by atoms with E-state index in [1.807, 2.05) is 0 Å². The number of halogens is 6. The van der Waals surface area contributed by atoms with Gasteiger partial charge in [0.05, 0.1) is 0 Å². The molecule has 1 N–H and O–H groups in total. The Labute approximate surface area is 139 Å². The predicted octanol–water partition coefficient (Wildman–Crippen LogP) is 3.57. The Morgan fingerprint density at radius 1 is 0.600 bits per heavy atom. The Bertz CT molecular complexity index is 633. The molecule has 0 radical (unpaired) electrons. The van der Waals surface area contributed by atoms with E-state index in [4.69, 9.17) is 9.47 Å². The number of hydrogen-bond acceptors (Lipinski definition) is 3. The molecule has 0 heterocycles. The van der Waals surface area contributed by atoms with Crippen molar-refractivity contribution in [2.45, 2.75) is 0 Å². The Kier molecular flexibility index (Phi) is 6.51. The van der Waals surface area contributed by atoms with Crippen LogP contribution < -0.4 is 14.8 Å². The first-order valence-corrected chi connectivity index (χ1v) is 7.14. The number of benzene rings is 2. The van der Waals surface area contributed by atoms with Gasteiger partial charge in [-0.05, 0) is 0 Å². The van der Waals surface area contributed by atoms with Gasteiger partial charge in [0.15, 0.2) is 34.9 Å². The van der Waals surface area contributed by atoms with E-state index in [0.29, 0.717) is 0 Å². The van der Waals surface area contributed by atoms with Crippen LogP contribution in [0.5, 0.6) is 11.5 Å². The van der Waals surface area contributed by atoms with Gasteiger partial charge in [-0.2, -0.15) is 0 Å². The van der Waals surface area contributed by atoms with Crippen molar-refractivity contribution in [1.29, 1.82) is 0 Å². The quantitative estimate of drug-likeness (QED) is 0.441. The molecule has 2 aromatic carbocycles. The number of nitrogens with one attached hydrogen (secondary N) is 1. The van der Waals surface area contributed by atoms with Crippen LogP contribution in [0.3, 0.4) is 0 Å². The Morgan fingerprint density at radius 3 is 1.24 bits per heavy atom. The van der Waals surface area contributed by atoms with Crippen LogP contribution in [0.2, 0.25) is 0 Å². The smallest absolute Gasteiger partial charge is 0.194 e. The minimum absolute atomic E-state index is 0.0321. The van der Waals surface area contributed by atoms with Crippen molar-refractivity contribution in [3.63, 3.8) is 0 Å². The fourth-order valence-electron chi connectivity index (χ4n) is 1.84. The molecule has 0 aliphatic heterocycles. The van der Waals surface area contributed by atoms with Gasteiger partial charge in [-0.15, -0.1) is 0 Å². The first-order valence-electron chi connectivity index (χ1n) is 7.14. The summed E-state index contributed by atoms with van der Waals surface area (Å²) in [5.74, 6) is -8.87. The standard InChI is InChI=1S/C16H13F6NO2/c17-11-5-9(6-12(18)15(11)21)24-3-1-23-2-4-25-10-7-13(19)16(22)14(20)8-10/h5-8,23H,1-4H2. The van der Waals surface area contributed by atoms with Crippen molar-refractivity contribution < 1.29 is 35.8 Å². The summed E-state index contributed by atoms with van der Waals surface area (Å²) in [6, 6.07) is 2.89. The minimum Gasteiger partial charge on any atom is -0.492 e. The van der Waals surface area contributed by atoms with Crippen molar-refractivity contribution in [2.75, 3.05) is 26.3 Å². The summed E-state index contributed by atoms with van der Waals surface area (Å²) < 4.78 is 87.4. The van der Waals surface area contributed by atoms with Crippen molar-refractivity contribution in [3.05, 3.63) is 59.2 Å². The molecule has 0 fully saturated rings. The molecule has 0 saturated heterocycles. The second-order valence-electron chi connectivity index (χ2n) is 4.85. The van der Waals surface area contributed by atoms with Crippen LogP contribution in [0, 0.1) is 34.9 Å². The maximum absolute atomic E-state index is 13.0. The number of hydrogen-bond donors (Lipinski definition) is 1. The second-order valence-corrected chi connectivity index (χ2v) is 4.85. The summed E-state index contributed by atoms with van der Waals surface area (Å²) in [7, 11) is 0. The molecule has 2 aromatic rings. The van der Waals surface area contributed by atoms with E-state index in [0.717, 1.165) is 24.3 Å². The van der Waals surface area contributed by atoms with E-state index < -0.39 is 34.9 Å². The molecule has 25 heavy (non-hydrogen) atoms. The van der Waals surface area contributed by atoms with Gasteiger partial charge in [-0.25, -0.2) is 26.3 Å². The van der Waals surface area contributed by atoms with Crippen molar-refractivity contribution in [2.24, 2.45) is 0 Å². The van der Waals surface area contributed by atoms with Gasteiger partial charge >= 0.3 is 0 Å². The van der Waals surface area contributed by atoms with Crippen LogP contribution in [-0.4, -0.2) is 26.3 Å². The molecule has 0 atom stereocenters. The van der Waals surface area contributed by atoms with E-state index in [2.05, 4.69) is 5.32 Å². The topological polar surface area (TPSA) is 30.5 Å². The maximum Gasteiger partial charge on any atom is 0.194 e. The molecule has 3 nitrogen and oxygen atoms in total. The first-order chi connectivity index (χ1) is 11.9. The van der Waals surface area contributed by atoms with Crippen molar-refractivity contribution >= 4 is 0 Å². The van der Waals surface area contributed by atoms with E-state index in [1.54, 1.807) is 0 Å². The molecular weight excluding hydrogens is 352 g/mol. The van der Waals surface area contributed by atoms with Gasteiger partial charge in [-0.3, -0.25) is 0 Å². The number of rotatable bonds is 8. The highest BCUT2D eigenvalue weighted by molar-refractivity contribution is 5.25. The maximum atomic E-state index is 13.0. The third kappa shape index (κ3) is 5.28. The van der Waals surface area contributed by atoms with Gasteiger partial charge in [0.1, 0.15) is 24.7 Å². The zero-order chi connectivity index (χ0) is 18.4. The van der Waals surface area contributed by atoms with Crippen LogP contribution in [0.25, 0.3) is 0 Å². The highest BCUT2D eigenvalue weighted by atomic mass is 19.2. The molecule has 2 rings (SSSR count). The fourth-order valence-corrected chi connectivity index (χ4v) is 1.84. The third-order valence-electron chi connectivity index (χ3n) is 3.01. The highest BCUT2D eigenvalue weighted by Crippen LogP contribution is 2.20. The molecule has 0 spiro atoms. The van der Waals surface area contributed by atoms with Gasteiger partial charge in [-0.1, -0.05) is 0 Å². The molecule has 0 unspecified atom stereocenters. The van der Waals surface area contributed by atoms with Crippen molar-refractivity contribution in [3.8, 4) is 11.5 Å². The average molecular weight is 365 g/mol. The lowest BCUT2D eigenvalue weighted by Gasteiger charge is -2.10. The largest absolute Gasteiger partial charge is 0.492 e. The van der Waals surface area contributed by atoms with E-state index in [9.17, 15) is 26.3 Å². The van der Waals surface area contributed by atoms with Gasteiger partial charge in [0.25, 0.3) is 0 Å². The van der Waals surface area contributed by atoms with Crippen LogP contribution in [-0.2, 0) is 0 Å². The van der Waals surface area contributed by atoms with Crippen LogP contribution in [0.4, 0.5) is 26.3 Å². The molecule has 0 aromatic heterocycles. The molecule has 0 aliphatic carbocycles. The highest BCUT2D eigenvalue weighted by Gasteiger charge is 2.12. The molecule has 0 amide bonds. The normalized spacial score (nSPS) is 10.8. The summed E-state index contributed by atoms with van der Waals surface area (Å²) in [5.41, 5.74) is 0. The Balaban J connectivity index is 1.66. The monoisotopic (exact) mass is 365 g/mol. The summed E-state index contributed by atoms with van der Waals surface area (Å²) in [6.45, 7) is 0.584. The van der Waals surface area contributed by atoms with Crippen LogP contribution in [0.15, 0.2) is 24.3 Å². The lowest BCUT2D eigenvalue weighted by Crippen LogP contribution is -2.26.